The molecule has 4 nitrogen and oxygen atoms in total. The van der Waals surface area contributed by atoms with Crippen molar-refractivity contribution in [1.29, 1.82) is 0 Å². The number of hydrogen-bond donors (Lipinski definition) is 1. The van der Waals surface area contributed by atoms with Gasteiger partial charge in [-0.1, -0.05) is 0 Å². The van der Waals surface area contributed by atoms with Crippen LogP contribution < -0.4 is 4.90 Å². The van der Waals surface area contributed by atoms with Gasteiger partial charge < -0.3 is 14.5 Å². The highest BCUT2D eigenvalue weighted by molar-refractivity contribution is 7.11. The van der Waals surface area contributed by atoms with E-state index in [1.807, 2.05) is 11.0 Å². The molecule has 0 saturated carbocycles. The molecule has 0 aliphatic carbocycles. The summed E-state index contributed by atoms with van der Waals surface area (Å²) in [6.07, 6.45) is 6.53. The molecular weight excluding hydrogens is 296 g/mol. The van der Waals surface area contributed by atoms with Crippen LogP contribution in [0.2, 0.25) is 0 Å². The zero-order chi connectivity index (χ0) is 15.4. The van der Waals surface area contributed by atoms with Gasteiger partial charge in [-0.25, -0.2) is 0 Å². The maximum atomic E-state index is 12.3. The Labute approximate surface area is 136 Å². The number of carbonyl (C=O) groups excluding carboxylic acids is 1. The van der Waals surface area contributed by atoms with Gasteiger partial charge in [-0.15, -0.1) is 11.3 Å². The molecule has 22 heavy (non-hydrogen) atoms. The van der Waals surface area contributed by atoms with Gasteiger partial charge in [-0.05, 0) is 42.9 Å². The Balaban J connectivity index is 1.45. The van der Waals surface area contributed by atoms with Gasteiger partial charge in [0.1, 0.15) is 12.6 Å². The number of carbonyl (C=O) groups is 1. The zero-order valence-corrected chi connectivity index (χ0v) is 14.0. The first-order valence-corrected chi connectivity index (χ1v) is 9.06. The number of ether oxygens (including phenoxy) is 1. The van der Waals surface area contributed by atoms with Crippen molar-refractivity contribution < 1.29 is 14.4 Å². The van der Waals surface area contributed by atoms with Gasteiger partial charge in [0.2, 0.25) is 5.91 Å². The maximum absolute atomic E-state index is 12.3. The largest absolute Gasteiger partial charge is 0.372 e. The Bertz CT molecular complexity index is 527. The summed E-state index contributed by atoms with van der Waals surface area (Å²) >= 11 is 1.68. The average molecular weight is 321 g/mol. The van der Waals surface area contributed by atoms with Crippen LogP contribution >= 0.6 is 11.3 Å². The summed E-state index contributed by atoms with van der Waals surface area (Å²) < 4.78 is 5.71. The minimum absolute atomic E-state index is 0.143. The van der Waals surface area contributed by atoms with Gasteiger partial charge in [-0.2, -0.15) is 0 Å². The predicted molar refractivity (Wildman–Crippen MR) is 89.2 cm³/mol. The first-order valence-electron chi connectivity index (χ1n) is 8.18. The summed E-state index contributed by atoms with van der Waals surface area (Å²) in [5, 5.41) is 2.06. The van der Waals surface area contributed by atoms with Crippen molar-refractivity contribution in [3.8, 4) is 0 Å². The number of hydrogen-bond acceptors (Lipinski definition) is 3. The van der Waals surface area contributed by atoms with E-state index in [4.69, 9.17) is 4.74 Å². The van der Waals surface area contributed by atoms with Crippen LogP contribution in [-0.2, 0) is 9.53 Å². The molecule has 0 unspecified atom stereocenters. The fourth-order valence-electron chi connectivity index (χ4n) is 3.18. The van der Waals surface area contributed by atoms with Crippen molar-refractivity contribution in [3.05, 3.63) is 28.0 Å². The number of quaternary nitrogens is 1. The fraction of sp³-hybridized carbons (Fsp3) is 0.588. The van der Waals surface area contributed by atoms with Gasteiger partial charge in [0.25, 0.3) is 0 Å². The van der Waals surface area contributed by atoms with E-state index in [1.165, 1.54) is 23.3 Å². The molecule has 3 heterocycles. The van der Waals surface area contributed by atoms with Crippen LogP contribution in [0.15, 0.2) is 17.5 Å². The summed E-state index contributed by atoms with van der Waals surface area (Å²) in [5.74, 6) is 0.143. The first kappa shape index (κ1) is 15.7. The molecule has 2 aliphatic heterocycles. The summed E-state index contributed by atoms with van der Waals surface area (Å²) in [6, 6.07) is 2.09. The van der Waals surface area contributed by atoms with E-state index in [9.17, 15) is 4.79 Å². The number of rotatable bonds is 4. The topological polar surface area (TPSA) is 34.0 Å². The molecule has 120 valence electrons. The average Bonchev–Trinajstić information content (AvgIpc) is 3.17. The Morgan fingerprint density at radius 1 is 1.50 bits per heavy atom. The molecule has 1 N–H and O–H groups in total. The minimum atomic E-state index is 0.143. The normalized spacial score (nSPS) is 23.5. The minimum Gasteiger partial charge on any atom is -0.372 e. The van der Waals surface area contributed by atoms with E-state index in [-0.39, 0.29) is 5.91 Å². The van der Waals surface area contributed by atoms with E-state index in [0.717, 1.165) is 39.3 Å². The quantitative estimate of drug-likeness (QED) is 0.839. The molecule has 1 aromatic rings. The number of piperazine rings is 1. The van der Waals surface area contributed by atoms with Crippen molar-refractivity contribution in [1.82, 2.24) is 4.90 Å². The lowest BCUT2D eigenvalue weighted by atomic mass is 10.2. The Kier molecular flexibility index (Phi) is 5.28. The van der Waals surface area contributed by atoms with Gasteiger partial charge in [0, 0.05) is 17.6 Å². The smallest absolute Gasteiger partial charge is 0.247 e. The van der Waals surface area contributed by atoms with Gasteiger partial charge >= 0.3 is 0 Å². The van der Waals surface area contributed by atoms with Crippen molar-refractivity contribution >= 4 is 23.3 Å². The molecule has 3 rings (SSSR count). The van der Waals surface area contributed by atoms with E-state index < -0.39 is 0 Å². The molecule has 2 fully saturated rings. The van der Waals surface area contributed by atoms with Crippen LogP contribution in [-0.4, -0.2) is 56.2 Å². The fourth-order valence-corrected chi connectivity index (χ4v) is 4.00. The van der Waals surface area contributed by atoms with Crippen molar-refractivity contribution in [2.24, 2.45) is 0 Å². The number of aryl methyl sites for hydroxylation is 1. The molecule has 0 bridgehead atoms. The van der Waals surface area contributed by atoms with E-state index >= 15 is 0 Å². The van der Waals surface area contributed by atoms with Gasteiger partial charge in [0.05, 0.1) is 26.2 Å². The van der Waals surface area contributed by atoms with E-state index in [0.29, 0.717) is 6.10 Å². The lowest BCUT2D eigenvalue weighted by Gasteiger charge is -2.32. The highest BCUT2D eigenvalue weighted by Crippen LogP contribution is 2.17. The van der Waals surface area contributed by atoms with Gasteiger partial charge in [0.15, 0.2) is 0 Å². The summed E-state index contributed by atoms with van der Waals surface area (Å²) in [4.78, 5) is 17.0. The highest BCUT2D eigenvalue weighted by atomic mass is 32.1. The van der Waals surface area contributed by atoms with Crippen LogP contribution in [0.4, 0.5) is 0 Å². The van der Waals surface area contributed by atoms with Crippen molar-refractivity contribution in [3.63, 3.8) is 0 Å². The molecule has 1 amide bonds. The predicted octanol–water partition coefficient (Wildman–Crippen LogP) is 0.976. The second kappa shape index (κ2) is 7.40. The third-order valence-electron chi connectivity index (χ3n) is 4.60. The molecule has 2 saturated heterocycles. The van der Waals surface area contributed by atoms with Gasteiger partial charge in [-0.3, -0.25) is 4.79 Å². The van der Waals surface area contributed by atoms with Crippen molar-refractivity contribution in [2.75, 3.05) is 39.3 Å². The standard InChI is InChI=1S/C17H24N2O2S/c1-14-6-12-22-16(14)4-5-17(20)19-9-7-18(8-10-19)13-15-3-2-11-21-15/h4-6,12,15H,2-3,7-11,13H2,1H3/p+1/b5-4+/t15-/m1/s1. The van der Waals surface area contributed by atoms with E-state index in [1.54, 1.807) is 22.3 Å². The Morgan fingerprint density at radius 2 is 2.32 bits per heavy atom. The highest BCUT2D eigenvalue weighted by Gasteiger charge is 2.26. The van der Waals surface area contributed by atoms with E-state index in [2.05, 4.69) is 18.4 Å². The number of thiophene rings is 1. The summed E-state index contributed by atoms with van der Waals surface area (Å²) in [6.45, 7) is 7.90. The number of nitrogens with one attached hydrogen (secondary N) is 1. The van der Waals surface area contributed by atoms with Crippen LogP contribution in [0.1, 0.15) is 23.3 Å². The molecule has 0 spiro atoms. The number of nitrogens with zero attached hydrogens (tertiary/aromatic N) is 1. The third kappa shape index (κ3) is 3.97. The lowest BCUT2D eigenvalue weighted by molar-refractivity contribution is -0.906. The summed E-state index contributed by atoms with van der Waals surface area (Å²) in [5.41, 5.74) is 1.24. The molecule has 0 radical (unpaired) electrons. The third-order valence-corrected chi connectivity index (χ3v) is 5.59. The second-order valence-corrected chi connectivity index (χ2v) is 7.16. The monoisotopic (exact) mass is 321 g/mol. The molecule has 2 aliphatic rings. The molecule has 1 aromatic heterocycles. The molecule has 0 aromatic carbocycles. The maximum Gasteiger partial charge on any atom is 0.247 e. The lowest BCUT2D eigenvalue weighted by Crippen LogP contribution is -3.15. The van der Waals surface area contributed by atoms with Crippen LogP contribution in [0, 0.1) is 6.92 Å². The summed E-state index contributed by atoms with van der Waals surface area (Å²) in [7, 11) is 0. The first-order chi connectivity index (χ1) is 10.7. The van der Waals surface area contributed by atoms with Crippen LogP contribution in [0.3, 0.4) is 0 Å². The molecular formula is C17H25N2O2S+. The Morgan fingerprint density at radius 3 is 2.95 bits per heavy atom. The molecule has 5 heteroatoms. The second-order valence-electron chi connectivity index (χ2n) is 6.22. The van der Waals surface area contributed by atoms with Crippen LogP contribution in [0.25, 0.3) is 6.08 Å². The van der Waals surface area contributed by atoms with Crippen LogP contribution in [0.5, 0.6) is 0 Å². The SMILES string of the molecule is Cc1ccsc1/C=C/C(=O)N1CC[NH+](C[C@H]2CCCO2)CC1. The zero-order valence-electron chi connectivity index (χ0n) is 13.2. The number of amides is 1. The Hall–Kier alpha value is -1.17. The van der Waals surface area contributed by atoms with Crippen molar-refractivity contribution in [2.45, 2.75) is 25.9 Å². The molecule has 1 atom stereocenters.